The molecule has 0 saturated carbocycles. The highest BCUT2D eigenvalue weighted by molar-refractivity contribution is 5.81. The van der Waals surface area contributed by atoms with E-state index in [1.54, 1.807) is 0 Å². The summed E-state index contributed by atoms with van der Waals surface area (Å²) in [6.07, 6.45) is 2.15. The Morgan fingerprint density at radius 1 is 1.03 bits per heavy atom. The number of aliphatic carboxylic acids is 1. The van der Waals surface area contributed by atoms with Crippen molar-refractivity contribution in [1.82, 2.24) is 15.3 Å². The molecule has 1 aromatic heterocycles. The predicted octanol–water partition coefficient (Wildman–Crippen LogP) is 3.02. The van der Waals surface area contributed by atoms with Crippen LogP contribution in [-0.2, 0) is 16.0 Å². The van der Waals surface area contributed by atoms with Crippen LogP contribution in [-0.4, -0.2) is 46.9 Å². The molecule has 0 aliphatic heterocycles. The molecule has 0 radical (unpaired) electrons. The van der Waals surface area contributed by atoms with Gasteiger partial charge in [-0.3, -0.25) is 0 Å². The minimum absolute atomic E-state index is 0.0174. The molecule has 1 aliphatic rings. The quantitative estimate of drug-likeness (QED) is 0.606. The number of carbonyl (C=O) groups is 2. The number of nitrogens with one attached hydrogen (secondary N) is 1. The molecule has 3 aromatic rings. The summed E-state index contributed by atoms with van der Waals surface area (Å²) in [7, 11) is 1.44. The van der Waals surface area contributed by atoms with Gasteiger partial charge in [0, 0.05) is 24.7 Å². The standard InChI is InChI=1S/C23H21N3O5/c1-30-22-24-11-14(12-25-22)10-20(21(27)28)26-23(29)31-13-19-17-8-4-2-6-15(17)16-7-3-5-9-18(16)19/h2-9,11-12,19-20H,10,13H2,1H3,(H,26,29)(H,27,28)/t20-/m0/s1. The highest BCUT2D eigenvalue weighted by Gasteiger charge is 2.29. The maximum absolute atomic E-state index is 12.4. The van der Waals surface area contributed by atoms with Gasteiger partial charge in [-0.25, -0.2) is 19.6 Å². The normalized spacial score (nSPS) is 13.1. The van der Waals surface area contributed by atoms with Crippen LogP contribution in [0, 0.1) is 0 Å². The summed E-state index contributed by atoms with van der Waals surface area (Å²) in [6, 6.07) is 15.0. The van der Waals surface area contributed by atoms with Crippen molar-refractivity contribution in [3.8, 4) is 17.1 Å². The Balaban J connectivity index is 1.41. The smallest absolute Gasteiger partial charge is 0.407 e. The highest BCUT2D eigenvalue weighted by Crippen LogP contribution is 2.44. The Morgan fingerprint density at radius 3 is 2.16 bits per heavy atom. The molecular formula is C23H21N3O5. The molecule has 0 saturated heterocycles. The van der Waals surface area contributed by atoms with Crippen molar-refractivity contribution >= 4 is 12.1 Å². The minimum atomic E-state index is -1.18. The number of ether oxygens (including phenoxy) is 2. The molecule has 1 aliphatic carbocycles. The number of amides is 1. The molecule has 1 atom stereocenters. The third-order valence-electron chi connectivity index (χ3n) is 5.24. The largest absolute Gasteiger partial charge is 0.480 e. The molecule has 2 aromatic carbocycles. The Bertz CT molecular complexity index is 1050. The van der Waals surface area contributed by atoms with Crippen LogP contribution in [0.15, 0.2) is 60.9 Å². The summed E-state index contributed by atoms with van der Waals surface area (Å²) in [5.74, 6) is -1.28. The summed E-state index contributed by atoms with van der Waals surface area (Å²) in [4.78, 5) is 31.9. The van der Waals surface area contributed by atoms with E-state index in [9.17, 15) is 14.7 Å². The van der Waals surface area contributed by atoms with Crippen molar-refractivity contribution < 1.29 is 24.2 Å². The van der Waals surface area contributed by atoms with Gasteiger partial charge in [-0.2, -0.15) is 0 Å². The van der Waals surface area contributed by atoms with Gasteiger partial charge in [0.25, 0.3) is 0 Å². The van der Waals surface area contributed by atoms with E-state index in [0.29, 0.717) is 5.56 Å². The maximum atomic E-state index is 12.4. The topological polar surface area (TPSA) is 111 Å². The van der Waals surface area contributed by atoms with Crippen LogP contribution >= 0.6 is 0 Å². The highest BCUT2D eigenvalue weighted by atomic mass is 16.5. The third kappa shape index (κ3) is 4.32. The van der Waals surface area contributed by atoms with Gasteiger partial charge in [0.05, 0.1) is 7.11 Å². The average Bonchev–Trinajstić information content (AvgIpc) is 3.11. The van der Waals surface area contributed by atoms with Crippen molar-refractivity contribution in [3.05, 3.63) is 77.6 Å². The number of carboxylic acid groups (broad SMARTS) is 1. The molecule has 158 valence electrons. The van der Waals surface area contributed by atoms with Gasteiger partial charge in [0.15, 0.2) is 0 Å². The van der Waals surface area contributed by atoms with Crippen LogP contribution in [0.25, 0.3) is 11.1 Å². The van der Waals surface area contributed by atoms with E-state index >= 15 is 0 Å². The number of benzene rings is 2. The van der Waals surface area contributed by atoms with Gasteiger partial charge >= 0.3 is 18.1 Å². The number of carbonyl (C=O) groups excluding carboxylic acids is 1. The van der Waals surface area contributed by atoms with Crippen LogP contribution in [0.3, 0.4) is 0 Å². The average molecular weight is 419 g/mol. The van der Waals surface area contributed by atoms with Gasteiger partial charge in [0.1, 0.15) is 12.6 Å². The number of alkyl carbamates (subject to hydrolysis) is 1. The summed E-state index contributed by atoms with van der Waals surface area (Å²) in [5, 5.41) is 11.9. The van der Waals surface area contributed by atoms with E-state index in [-0.39, 0.29) is 25.0 Å². The number of carboxylic acids is 1. The van der Waals surface area contributed by atoms with Crippen LogP contribution < -0.4 is 10.1 Å². The first-order valence-electron chi connectivity index (χ1n) is 9.76. The third-order valence-corrected chi connectivity index (χ3v) is 5.24. The first-order chi connectivity index (χ1) is 15.1. The van der Waals surface area contributed by atoms with Crippen molar-refractivity contribution in [2.24, 2.45) is 0 Å². The van der Waals surface area contributed by atoms with E-state index in [2.05, 4.69) is 15.3 Å². The van der Waals surface area contributed by atoms with Gasteiger partial charge < -0.3 is 19.9 Å². The van der Waals surface area contributed by atoms with E-state index in [0.717, 1.165) is 22.3 Å². The van der Waals surface area contributed by atoms with Crippen molar-refractivity contribution in [2.75, 3.05) is 13.7 Å². The molecule has 1 heterocycles. The lowest BCUT2D eigenvalue weighted by Gasteiger charge is -2.17. The van der Waals surface area contributed by atoms with Crippen molar-refractivity contribution in [2.45, 2.75) is 18.4 Å². The van der Waals surface area contributed by atoms with Gasteiger partial charge in [0.2, 0.25) is 0 Å². The number of fused-ring (bicyclic) bond motifs is 3. The van der Waals surface area contributed by atoms with Crippen LogP contribution in [0.4, 0.5) is 4.79 Å². The molecule has 8 nitrogen and oxygen atoms in total. The monoisotopic (exact) mass is 419 g/mol. The summed E-state index contributed by atoms with van der Waals surface area (Å²) < 4.78 is 10.3. The molecule has 0 fully saturated rings. The second kappa shape index (κ2) is 8.83. The molecule has 0 bridgehead atoms. The second-order valence-corrected chi connectivity index (χ2v) is 7.14. The first-order valence-corrected chi connectivity index (χ1v) is 9.76. The first kappa shape index (κ1) is 20.3. The van der Waals surface area contributed by atoms with E-state index in [4.69, 9.17) is 9.47 Å². The Morgan fingerprint density at radius 2 is 1.61 bits per heavy atom. The second-order valence-electron chi connectivity index (χ2n) is 7.14. The van der Waals surface area contributed by atoms with E-state index < -0.39 is 18.1 Å². The number of hydrogen-bond acceptors (Lipinski definition) is 6. The fourth-order valence-corrected chi connectivity index (χ4v) is 3.77. The lowest BCUT2D eigenvalue weighted by atomic mass is 9.98. The SMILES string of the molecule is COc1ncc(C[C@H](NC(=O)OCC2c3ccccc3-c3ccccc32)C(=O)O)cn1. The maximum Gasteiger partial charge on any atom is 0.407 e. The van der Waals surface area contributed by atoms with Gasteiger partial charge in [-0.15, -0.1) is 0 Å². The van der Waals surface area contributed by atoms with Crippen LogP contribution in [0.5, 0.6) is 6.01 Å². The lowest BCUT2D eigenvalue weighted by Crippen LogP contribution is -2.43. The fourth-order valence-electron chi connectivity index (χ4n) is 3.77. The predicted molar refractivity (Wildman–Crippen MR) is 112 cm³/mol. The molecule has 0 spiro atoms. The molecule has 4 rings (SSSR count). The fraction of sp³-hybridized carbons (Fsp3) is 0.217. The number of aromatic nitrogens is 2. The minimum Gasteiger partial charge on any atom is -0.480 e. The van der Waals surface area contributed by atoms with Crippen molar-refractivity contribution in [3.63, 3.8) is 0 Å². The lowest BCUT2D eigenvalue weighted by molar-refractivity contribution is -0.139. The summed E-state index contributed by atoms with van der Waals surface area (Å²) >= 11 is 0. The van der Waals surface area contributed by atoms with Gasteiger partial charge in [-0.1, -0.05) is 48.5 Å². The van der Waals surface area contributed by atoms with E-state index in [1.807, 2.05) is 48.5 Å². The Kier molecular flexibility index (Phi) is 5.79. The zero-order valence-corrected chi connectivity index (χ0v) is 16.8. The van der Waals surface area contributed by atoms with Gasteiger partial charge in [-0.05, 0) is 27.8 Å². The molecule has 1 amide bonds. The molecule has 31 heavy (non-hydrogen) atoms. The zero-order chi connectivity index (χ0) is 21.8. The zero-order valence-electron chi connectivity index (χ0n) is 16.8. The number of nitrogens with zero attached hydrogens (tertiary/aromatic N) is 2. The number of methoxy groups -OCH3 is 1. The van der Waals surface area contributed by atoms with Crippen LogP contribution in [0.2, 0.25) is 0 Å². The molecule has 2 N–H and O–H groups in total. The molecule has 0 unspecified atom stereocenters. The number of hydrogen-bond donors (Lipinski definition) is 2. The van der Waals surface area contributed by atoms with Crippen molar-refractivity contribution in [1.29, 1.82) is 0 Å². The number of rotatable bonds is 7. The Labute approximate surface area is 178 Å². The summed E-state index contributed by atoms with van der Waals surface area (Å²) in [5.41, 5.74) is 4.96. The molecule has 8 heteroatoms. The van der Waals surface area contributed by atoms with E-state index in [1.165, 1.54) is 19.5 Å². The summed E-state index contributed by atoms with van der Waals surface area (Å²) in [6.45, 7) is 0.109. The molecular weight excluding hydrogens is 398 g/mol. The Hall–Kier alpha value is -3.94. The van der Waals surface area contributed by atoms with Crippen LogP contribution in [0.1, 0.15) is 22.6 Å².